The third-order valence-electron chi connectivity index (χ3n) is 5.21. The summed E-state index contributed by atoms with van der Waals surface area (Å²) in [4.78, 5) is 45.3. The van der Waals surface area contributed by atoms with Gasteiger partial charge in [-0.2, -0.15) is 0 Å². The monoisotopic (exact) mass is 489 g/mol. The molecule has 3 heterocycles. The maximum atomic E-state index is 12.8. The molecule has 4 aromatic rings. The number of carbonyl (C=O) groups excluding carboxylic acids is 3. The molecule has 7 nitrogen and oxygen atoms in total. The Bertz CT molecular complexity index is 1350. The molecule has 0 bridgehead atoms. The van der Waals surface area contributed by atoms with Crippen LogP contribution in [0.1, 0.15) is 4.88 Å². The summed E-state index contributed by atoms with van der Waals surface area (Å²) in [6, 6.07) is 20.7. The number of thiazole rings is 1. The molecule has 1 N–H and O–H groups in total. The molecule has 5 rings (SSSR count). The first kappa shape index (κ1) is 22.0. The molecule has 0 aliphatic carbocycles. The van der Waals surface area contributed by atoms with Crippen LogP contribution in [0.15, 0.2) is 72.1 Å². The number of anilines is 2. The van der Waals surface area contributed by atoms with Crippen molar-refractivity contribution >= 4 is 51.8 Å². The Hall–Kier alpha value is -3.82. The third kappa shape index (κ3) is 4.61. The van der Waals surface area contributed by atoms with Crippen molar-refractivity contribution < 1.29 is 19.1 Å². The predicted molar refractivity (Wildman–Crippen MR) is 133 cm³/mol. The van der Waals surface area contributed by atoms with E-state index in [0.29, 0.717) is 11.4 Å². The second kappa shape index (κ2) is 9.58. The summed E-state index contributed by atoms with van der Waals surface area (Å²) in [5.74, 6) is -1.27. The molecule has 2 aromatic heterocycles. The van der Waals surface area contributed by atoms with E-state index in [9.17, 15) is 14.4 Å². The van der Waals surface area contributed by atoms with Crippen molar-refractivity contribution in [1.82, 2.24) is 4.98 Å². The number of esters is 1. The van der Waals surface area contributed by atoms with Gasteiger partial charge in [-0.15, -0.1) is 22.7 Å². The SMILES string of the molecule is O=C1CN(C(=O)COC(=O)Cc2sc(-c3ccccc3)nc2-c2cccs2)c2ccccc2N1. The van der Waals surface area contributed by atoms with E-state index in [1.807, 2.05) is 47.8 Å². The van der Waals surface area contributed by atoms with E-state index in [4.69, 9.17) is 9.72 Å². The number of hydrogen-bond donors (Lipinski definition) is 1. The Labute approximate surface area is 203 Å². The molecular weight excluding hydrogens is 470 g/mol. The Kier molecular flexibility index (Phi) is 6.20. The molecule has 0 fully saturated rings. The molecule has 0 radical (unpaired) electrons. The van der Waals surface area contributed by atoms with E-state index in [0.717, 1.165) is 26.0 Å². The molecule has 1 aliphatic rings. The Balaban J connectivity index is 1.30. The number of hydrogen-bond acceptors (Lipinski definition) is 7. The molecule has 0 spiro atoms. The van der Waals surface area contributed by atoms with E-state index in [1.54, 1.807) is 35.6 Å². The fourth-order valence-corrected chi connectivity index (χ4v) is 5.51. The number of thiophene rings is 1. The van der Waals surface area contributed by atoms with E-state index in [1.165, 1.54) is 16.2 Å². The molecule has 0 atom stereocenters. The fourth-order valence-electron chi connectivity index (χ4n) is 3.64. The van der Waals surface area contributed by atoms with Crippen LogP contribution in [0.3, 0.4) is 0 Å². The lowest BCUT2D eigenvalue weighted by molar-refractivity contribution is -0.147. The summed E-state index contributed by atoms with van der Waals surface area (Å²) >= 11 is 2.99. The first-order chi connectivity index (χ1) is 16.6. The molecule has 1 aliphatic heterocycles. The molecule has 2 aromatic carbocycles. The number of nitrogens with one attached hydrogen (secondary N) is 1. The van der Waals surface area contributed by atoms with Gasteiger partial charge in [0.25, 0.3) is 5.91 Å². The maximum Gasteiger partial charge on any atom is 0.311 e. The van der Waals surface area contributed by atoms with Gasteiger partial charge in [0.1, 0.15) is 11.6 Å². The quantitative estimate of drug-likeness (QED) is 0.400. The fraction of sp³-hybridized carbons (Fsp3) is 0.120. The number of amides is 2. The van der Waals surface area contributed by atoms with E-state index in [-0.39, 0.29) is 18.9 Å². The Morgan fingerprint density at radius 1 is 1.03 bits per heavy atom. The average molecular weight is 490 g/mol. The number of fused-ring (bicyclic) bond motifs is 1. The second-order valence-electron chi connectivity index (χ2n) is 7.52. The van der Waals surface area contributed by atoms with Gasteiger partial charge >= 0.3 is 5.97 Å². The number of para-hydroxylation sites is 2. The molecule has 2 amide bonds. The third-order valence-corrected chi connectivity index (χ3v) is 7.19. The summed E-state index contributed by atoms with van der Waals surface area (Å²) in [6.07, 6.45) is 0.00207. The van der Waals surface area contributed by atoms with Gasteiger partial charge in [0, 0.05) is 10.4 Å². The number of rotatable bonds is 6. The summed E-state index contributed by atoms with van der Waals surface area (Å²) in [6.45, 7) is -0.565. The highest BCUT2D eigenvalue weighted by molar-refractivity contribution is 7.17. The van der Waals surface area contributed by atoms with Gasteiger partial charge in [0.05, 0.1) is 28.4 Å². The van der Waals surface area contributed by atoms with Crippen molar-refractivity contribution in [2.45, 2.75) is 6.42 Å². The zero-order valence-electron chi connectivity index (χ0n) is 17.9. The highest BCUT2D eigenvalue weighted by atomic mass is 32.1. The first-order valence-electron chi connectivity index (χ1n) is 10.5. The first-order valence-corrected chi connectivity index (χ1v) is 12.2. The van der Waals surface area contributed by atoms with E-state index >= 15 is 0 Å². The van der Waals surface area contributed by atoms with Gasteiger partial charge in [0.15, 0.2) is 6.61 Å². The number of carbonyl (C=O) groups is 3. The number of ether oxygens (including phenoxy) is 1. The van der Waals surface area contributed by atoms with Crippen LogP contribution in [0.5, 0.6) is 0 Å². The highest BCUT2D eigenvalue weighted by Gasteiger charge is 2.27. The Morgan fingerprint density at radius 3 is 2.62 bits per heavy atom. The Morgan fingerprint density at radius 2 is 1.82 bits per heavy atom. The van der Waals surface area contributed by atoms with Crippen LogP contribution in [0.25, 0.3) is 21.1 Å². The molecule has 0 unspecified atom stereocenters. The molecule has 0 saturated heterocycles. The normalized spacial score (nSPS) is 12.7. The number of nitrogens with zero attached hydrogens (tertiary/aromatic N) is 2. The van der Waals surface area contributed by atoms with Crippen molar-refractivity contribution in [3.8, 4) is 21.1 Å². The molecular formula is C25H19N3O4S2. The van der Waals surface area contributed by atoms with Crippen molar-refractivity contribution in [2.75, 3.05) is 23.4 Å². The van der Waals surface area contributed by atoms with E-state index < -0.39 is 18.5 Å². The van der Waals surface area contributed by atoms with Crippen molar-refractivity contribution in [1.29, 1.82) is 0 Å². The minimum absolute atomic E-state index is 0.00207. The largest absolute Gasteiger partial charge is 0.455 e. The van der Waals surface area contributed by atoms with E-state index in [2.05, 4.69) is 5.32 Å². The average Bonchev–Trinajstić information content (AvgIpc) is 3.53. The lowest BCUT2D eigenvalue weighted by Gasteiger charge is -2.28. The topological polar surface area (TPSA) is 88.6 Å². The smallest absolute Gasteiger partial charge is 0.311 e. The summed E-state index contributed by atoms with van der Waals surface area (Å²) in [5, 5.41) is 5.51. The number of aromatic nitrogens is 1. The lowest BCUT2D eigenvalue weighted by atomic mass is 10.2. The molecule has 34 heavy (non-hydrogen) atoms. The van der Waals surface area contributed by atoms with Gasteiger partial charge in [-0.3, -0.25) is 19.3 Å². The minimum atomic E-state index is -0.524. The zero-order chi connectivity index (χ0) is 23.5. The molecule has 170 valence electrons. The maximum absolute atomic E-state index is 12.8. The van der Waals surface area contributed by atoms with Gasteiger partial charge in [-0.05, 0) is 23.6 Å². The van der Waals surface area contributed by atoms with Gasteiger partial charge in [0.2, 0.25) is 5.91 Å². The van der Waals surface area contributed by atoms with Crippen molar-refractivity contribution in [2.24, 2.45) is 0 Å². The van der Waals surface area contributed by atoms with Crippen molar-refractivity contribution in [3.05, 3.63) is 77.0 Å². The van der Waals surface area contributed by atoms with Crippen LogP contribution in [-0.2, 0) is 25.5 Å². The van der Waals surface area contributed by atoms with Gasteiger partial charge in [-0.25, -0.2) is 4.98 Å². The zero-order valence-corrected chi connectivity index (χ0v) is 19.5. The van der Waals surface area contributed by atoms with Crippen LogP contribution in [0.2, 0.25) is 0 Å². The van der Waals surface area contributed by atoms with Crippen LogP contribution < -0.4 is 10.2 Å². The number of benzene rings is 2. The van der Waals surface area contributed by atoms with Gasteiger partial charge in [-0.1, -0.05) is 48.5 Å². The van der Waals surface area contributed by atoms with Crippen LogP contribution in [0, 0.1) is 0 Å². The highest BCUT2D eigenvalue weighted by Crippen LogP contribution is 2.36. The van der Waals surface area contributed by atoms with Crippen LogP contribution in [0.4, 0.5) is 11.4 Å². The molecule has 9 heteroatoms. The predicted octanol–water partition coefficient (Wildman–Crippen LogP) is 4.61. The summed E-state index contributed by atoms with van der Waals surface area (Å²) in [5.41, 5.74) is 2.86. The lowest BCUT2D eigenvalue weighted by Crippen LogP contribution is -2.44. The summed E-state index contributed by atoms with van der Waals surface area (Å²) in [7, 11) is 0. The molecule has 0 saturated carbocycles. The van der Waals surface area contributed by atoms with Crippen LogP contribution in [-0.4, -0.2) is 35.9 Å². The summed E-state index contributed by atoms with van der Waals surface area (Å²) < 4.78 is 5.32. The standard InChI is InChI=1S/C25H19N3O4S2/c29-21-14-28(18-10-5-4-9-17(18)26-21)22(30)15-32-23(31)13-20-24(19-11-6-12-33-19)27-25(34-20)16-7-2-1-3-8-16/h1-12H,13-15H2,(H,26,29). The second-order valence-corrected chi connectivity index (χ2v) is 9.55. The van der Waals surface area contributed by atoms with Gasteiger partial charge < -0.3 is 10.1 Å². The van der Waals surface area contributed by atoms with Crippen LogP contribution >= 0.6 is 22.7 Å². The van der Waals surface area contributed by atoms with Crippen molar-refractivity contribution in [3.63, 3.8) is 0 Å². The minimum Gasteiger partial charge on any atom is -0.455 e.